The Balaban J connectivity index is 1.69. The molecule has 0 atom stereocenters. The molecule has 0 bridgehead atoms. The van der Waals surface area contributed by atoms with E-state index in [4.69, 9.17) is 0 Å². The van der Waals surface area contributed by atoms with Crippen LogP contribution in [0.15, 0.2) is 29.2 Å². The molecule has 2 nitrogen and oxygen atoms in total. The van der Waals surface area contributed by atoms with E-state index in [-0.39, 0.29) is 5.82 Å². The van der Waals surface area contributed by atoms with Crippen LogP contribution in [0, 0.1) is 5.82 Å². The minimum Gasteiger partial charge on any atom is -0.301 e. The van der Waals surface area contributed by atoms with E-state index in [1.54, 1.807) is 17.8 Å². The van der Waals surface area contributed by atoms with E-state index < -0.39 is 0 Å². The highest BCUT2D eigenvalue weighted by molar-refractivity contribution is 7.99. The maximum Gasteiger partial charge on any atom is 0.136 e. The van der Waals surface area contributed by atoms with Crippen molar-refractivity contribution in [1.29, 1.82) is 0 Å². The summed E-state index contributed by atoms with van der Waals surface area (Å²) < 4.78 is 13.4. The molecular weight excluding hydrogens is 247 g/mol. The molecule has 0 saturated carbocycles. The molecule has 1 aromatic rings. The Bertz CT molecular complexity index is 365. The van der Waals surface area contributed by atoms with Crippen LogP contribution in [0.5, 0.6) is 0 Å². The lowest BCUT2D eigenvalue weighted by Crippen LogP contribution is -2.46. The molecule has 0 unspecified atom stereocenters. The van der Waals surface area contributed by atoms with Crippen LogP contribution in [0.3, 0.4) is 0 Å². The van der Waals surface area contributed by atoms with E-state index in [0.717, 1.165) is 36.8 Å². The summed E-state index contributed by atoms with van der Waals surface area (Å²) in [6, 6.07) is 7.02. The first-order valence-corrected chi connectivity index (χ1v) is 7.60. The maximum atomic E-state index is 13.4. The van der Waals surface area contributed by atoms with Crippen LogP contribution in [-0.2, 0) is 0 Å². The highest BCUT2D eigenvalue weighted by atomic mass is 32.2. The second kappa shape index (κ2) is 7.12. The maximum absolute atomic E-state index is 13.4. The van der Waals surface area contributed by atoms with E-state index >= 15 is 0 Å². The van der Waals surface area contributed by atoms with Gasteiger partial charge in [0.1, 0.15) is 5.82 Å². The van der Waals surface area contributed by atoms with Gasteiger partial charge in [-0.05, 0) is 18.7 Å². The predicted octanol–water partition coefficient (Wildman–Crippen LogP) is 2.56. The number of hydrogen-bond acceptors (Lipinski definition) is 3. The van der Waals surface area contributed by atoms with E-state index in [1.807, 2.05) is 12.1 Å². The molecule has 1 aliphatic rings. The van der Waals surface area contributed by atoms with Crippen molar-refractivity contribution in [3.05, 3.63) is 30.1 Å². The minimum absolute atomic E-state index is 0.0988. The highest BCUT2D eigenvalue weighted by Crippen LogP contribution is 2.21. The van der Waals surface area contributed by atoms with Gasteiger partial charge in [-0.15, -0.1) is 11.8 Å². The number of thioether (sulfide) groups is 1. The lowest BCUT2D eigenvalue weighted by Gasteiger charge is -2.33. The third-order valence-corrected chi connectivity index (χ3v) is 4.44. The van der Waals surface area contributed by atoms with E-state index in [1.165, 1.54) is 19.2 Å². The molecule has 1 saturated heterocycles. The molecule has 0 aromatic heterocycles. The molecule has 1 aromatic carbocycles. The van der Waals surface area contributed by atoms with Gasteiger partial charge in [-0.1, -0.05) is 19.1 Å². The molecule has 18 heavy (non-hydrogen) atoms. The fraction of sp³-hybridized carbons (Fsp3) is 0.571. The number of nitrogens with zero attached hydrogens (tertiary/aromatic N) is 2. The van der Waals surface area contributed by atoms with Crippen LogP contribution < -0.4 is 0 Å². The highest BCUT2D eigenvalue weighted by Gasteiger charge is 2.14. The van der Waals surface area contributed by atoms with Crippen molar-refractivity contribution in [3.8, 4) is 0 Å². The van der Waals surface area contributed by atoms with E-state index in [2.05, 4.69) is 16.7 Å². The van der Waals surface area contributed by atoms with Crippen molar-refractivity contribution in [2.24, 2.45) is 0 Å². The summed E-state index contributed by atoms with van der Waals surface area (Å²) in [5, 5.41) is 0. The lowest BCUT2D eigenvalue weighted by atomic mass is 10.3. The smallest absolute Gasteiger partial charge is 0.136 e. The summed E-state index contributed by atoms with van der Waals surface area (Å²) in [7, 11) is 0. The van der Waals surface area contributed by atoms with Crippen molar-refractivity contribution in [2.45, 2.75) is 11.8 Å². The van der Waals surface area contributed by atoms with Gasteiger partial charge < -0.3 is 4.90 Å². The van der Waals surface area contributed by atoms with Gasteiger partial charge in [0.05, 0.1) is 0 Å². The molecule has 1 aliphatic heterocycles. The van der Waals surface area contributed by atoms with Gasteiger partial charge >= 0.3 is 0 Å². The number of halogens is 1. The van der Waals surface area contributed by atoms with Crippen molar-refractivity contribution >= 4 is 11.8 Å². The van der Waals surface area contributed by atoms with E-state index in [0.29, 0.717) is 0 Å². The number of piperazine rings is 1. The average molecular weight is 268 g/mol. The standard InChI is InChI=1S/C14H21FN2S/c1-2-16-7-9-17(10-8-16)11-12-18-14-6-4-3-5-13(14)15/h3-6H,2,7-12H2,1H3. The molecular formula is C14H21FN2S. The summed E-state index contributed by atoms with van der Waals surface area (Å²) in [5.74, 6) is 0.867. The van der Waals surface area contributed by atoms with Gasteiger partial charge in [0.2, 0.25) is 0 Å². The first-order chi connectivity index (χ1) is 8.79. The Morgan fingerprint density at radius 1 is 1.11 bits per heavy atom. The fourth-order valence-corrected chi connectivity index (χ4v) is 3.13. The summed E-state index contributed by atoms with van der Waals surface area (Å²) in [6.07, 6.45) is 0. The minimum atomic E-state index is -0.0988. The van der Waals surface area contributed by atoms with Crippen molar-refractivity contribution < 1.29 is 4.39 Å². The molecule has 4 heteroatoms. The average Bonchev–Trinajstić information content (AvgIpc) is 2.42. The Morgan fingerprint density at radius 3 is 2.44 bits per heavy atom. The molecule has 2 rings (SSSR count). The van der Waals surface area contributed by atoms with Gasteiger partial charge in [0.15, 0.2) is 0 Å². The topological polar surface area (TPSA) is 6.48 Å². The second-order valence-electron chi connectivity index (χ2n) is 4.55. The molecule has 1 fully saturated rings. The number of likely N-dealkylation sites (N-methyl/N-ethyl adjacent to an activating group) is 1. The van der Waals surface area contributed by atoms with E-state index in [9.17, 15) is 4.39 Å². The van der Waals surface area contributed by atoms with Gasteiger partial charge in [-0.2, -0.15) is 0 Å². The molecule has 100 valence electrons. The summed E-state index contributed by atoms with van der Waals surface area (Å²) in [5.41, 5.74) is 0. The zero-order chi connectivity index (χ0) is 12.8. The zero-order valence-corrected chi connectivity index (χ0v) is 11.8. The van der Waals surface area contributed by atoms with Gasteiger partial charge in [-0.25, -0.2) is 4.39 Å². The number of benzene rings is 1. The Morgan fingerprint density at radius 2 is 1.78 bits per heavy atom. The molecule has 0 aliphatic carbocycles. The summed E-state index contributed by atoms with van der Waals surface area (Å²) in [4.78, 5) is 5.71. The molecule has 0 N–H and O–H groups in total. The molecule has 0 amide bonds. The Labute approximate surface area is 113 Å². The third kappa shape index (κ3) is 3.97. The number of rotatable bonds is 5. The van der Waals surface area contributed by atoms with Crippen molar-refractivity contribution in [3.63, 3.8) is 0 Å². The van der Waals surface area contributed by atoms with Crippen LogP contribution in [0.2, 0.25) is 0 Å². The van der Waals surface area contributed by atoms with Crippen LogP contribution >= 0.6 is 11.8 Å². The SMILES string of the molecule is CCN1CCN(CCSc2ccccc2F)CC1. The summed E-state index contributed by atoms with van der Waals surface area (Å²) in [6.45, 7) is 9.04. The van der Waals surface area contributed by atoms with Gasteiger partial charge in [0.25, 0.3) is 0 Å². The number of hydrogen-bond donors (Lipinski definition) is 0. The first kappa shape index (κ1) is 13.8. The normalized spacial score (nSPS) is 18.1. The molecule has 1 heterocycles. The second-order valence-corrected chi connectivity index (χ2v) is 5.69. The van der Waals surface area contributed by atoms with Crippen LogP contribution in [0.25, 0.3) is 0 Å². The van der Waals surface area contributed by atoms with Crippen LogP contribution in [-0.4, -0.2) is 54.8 Å². The molecule has 0 spiro atoms. The van der Waals surface area contributed by atoms with Crippen LogP contribution in [0.4, 0.5) is 4.39 Å². The van der Waals surface area contributed by atoms with Gasteiger partial charge in [-0.3, -0.25) is 4.90 Å². The third-order valence-electron chi connectivity index (χ3n) is 3.41. The van der Waals surface area contributed by atoms with Crippen molar-refractivity contribution in [2.75, 3.05) is 45.0 Å². The van der Waals surface area contributed by atoms with Crippen LogP contribution in [0.1, 0.15) is 6.92 Å². The summed E-state index contributed by atoms with van der Waals surface area (Å²) >= 11 is 1.62. The quantitative estimate of drug-likeness (QED) is 0.758. The fourth-order valence-electron chi connectivity index (χ4n) is 2.18. The molecule has 0 radical (unpaired) electrons. The Hall–Kier alpha value is -0.580. The lowest BCUT2D eigenvalue weighted by molar-refractivity contribution is 0.143. The van der Waals surface area contributed by atoms with Gasteiger partial charge in [0, 0.05) is 43.4 Å². The first-order valence-electron chi connectivity index (χ1n) is 6.61. The monoisotopic (exact) mass is 268 g/mol. The van der Waals surface area contributed by atoms with Crippen molar-refractivity contribution in [1.82, 2.24) is 9.80 Å². The largest absolute Gasteiger partial charge is 0.301 e. The predicted molar refractivity (Wildman–Crippen MR) is 75.7 cm³/mol. The Kier molecular flexibility index (Phi) is 5.47. The zero-order valence-electron chi connectivity index (χ0n) is 10.9.